The van der Waals surface area contributed by atoms with Crippen LogP contribution in [0.5, 0.6) is 0 Å². The highest BCUT2D eigenvalue weighted by atomic mass is 35.5. The third-order valence-electron chi connectivity index (χ3n) is 2.92. The molecule has 1 heterocycles. The summed E-state index contributed by atoms with van der Waals surface area (Å²) in [4.78, 5) is 13.3. The number of ether oxygens (including phenoxy) is 1. The number of hydrogen-bond acceptors (Lipinski definition) is 2. The van der Waals surface area contributed by atoms with Crippen molar-refractivity contribution in [2.75, 3.05) is 19.5 Å². The molecule has 1 aliphatic rings. The Hall–Kier alpha value is -1.13. The molecule has 0 aliphatic carbocycles. The second kappa shape index (κ2) is 5.02. The molecule has 0 unspecified atom stereocenters. The number of nitrogens with zero attached hydrogens (tertiary/aromatic N) is 1. The molecule has 0 spiro atoms. The van der Waals surface area contributed by atoms with E-state index in [9.17, 15) is 9.18 Å². The molecule has 0 radical (unpaired) electrons. The predicted molar refractivity (Wildman–Crippen MR) is 62.4 cm³/mol. The van der Waals surface area contributed by atoms with Crippen LogP contribution in [0.3, 0.4) is 0 Å². The van der Waals surface area contributed by atoms with Gasteiger partial charge in [0, 0.05) is 19.5 Å². The third-order valence-corrected chi connectivity index (χ3v) is 3.09. The van der Waals surface area contributed by atoms with Crippen molar-refractivity contribution in [1.82, 2.24) is 4.90 Å². The van der Waals surface area contributed by atoms with E-state index in [0.29, 0.717) is 12.4 Å². The van der Waals surface area contributed by atoms with Crippen molar-refractivity contribution in [2.45, 2.75) is 12.1 Å². The number of amides is 1. The number of likely N-dealkylation sites (tertiary alicyclic amines) is 1. The van der Waals surface area contributed by atoms with Gasteiger partial charge in [-0.25, -0.2) is 4.39 Å². The monoisotopic (exact) mass is 257 g/mol. The van der Waals surface area contributed by atoms with Gasteiger partial charge in [-0.2, -0.15) is 0 Å². The molecule has 1 aromatic rings. The zero-order chi connectivity index (χ0) is 12.4. The van der Waals surface area contributed by atoms with E-state index < -0.39 is 6.10 Å². The lowest BCUT2D eigenvalue weighted by molar-refractivity contribution is -0.170. The smallest absolute Gasteiger partial charge is 0.254 e. The van der Waals surface area contributed by atoms with E-state index in [1.807, 2.05) is 0 Å². The fourth-order valence-corrected chi connectivity index (χ4v) is 2.31. The van der Waals surface area contributed by atoms with E-state index >= 15 is 0 Å². The Bertz CT molecular complexity index is 427. The molecule has 0 saturated carbocycles. The summed E-state index contributed by atoms with van der Waals surface area (Å²) in [5.74, 6) is -0.0569. The van der Waals surface area contributed by atoms with Crippen LogP contribution in [0.4, 0.5) is 4.39 Å². The second-order valence-corrected chi connectivity index (χ2v) is 4.25. The molecule has 1 fully saturated rings. The van der Waals surface area contributed by atoms with Crippen molar-refractivity contribution in [2.24, 2.45) is 0 Å². The van der Waals surface area contributed by atoms with Crippen LogP contribution >= 0.6 is 11.6 Å². The average molecular weight is 258 g/mol. The van der Waals surface area contributed by atoms with E-state index in [1.165, 1.54) is 19.2 Å². The Labute approximate surface area is 104 Å². The summed E-state index contributed by atoms with van der Waals surface area (Å²) in [6, 6.07) is 5.97. The van der Waals surface area contributed by atoms with E-state index in [-0.39, 0.29) is 17.8 Å². The molecule has 0 N–H and O–H groups in total. The molecular weight excluding hydrogens is 245 g/mol. The van der Waals surface area contributed by atoms with Gasteiger partial charge in [0.25, 0.3) is 5.91 Å². The van der Waals surface area contributed by atoms with Gasteiger partial charge in [-0.05, 0) is 17.7 Å². The first kappa shape index (κ1) is 12.3. The van der Waals surface area contributed by atoms with Crippen molar-refractivity contribution in [3.8, 4) is 0 Å². The topological polar surface area (TPSA) is 29.5 Å². The number of rotatable bonds is 4. The molecule has 2 atom stereocenters. The number of halogens is 2. The first-order chi connectivity index (χ1) is 8.19. The van der Waals surface area contributed by atoms with Gasteiger partial charge in [0.2, 0.25) is 0 Å². The molecule has 0 aromatic heterocycles. The largest absolute Gasteiger partial charge is 0.369 e. The molecule has 0 bridgehead atoms. The van der Waals surface area contributed by atoms with E-state index in [2.05, 4.69) is 0 Å². The standard InChI is InChI=1S/C12H13ClFNO2/c1-17-11-10(15(6-5-13)12(11)16)8-3-2-4-9(14)7-8/h2-4,7,10-11H,5-6H2,1H3/t10-,11+/m0/s1. The molecule has 1 aromatic carbocycles. The Kier molecular flexibility index (Phi) is 3.64. The molecule has 1 aliphatic heterocycles. The lowest BCUT2D eigenvalue weighted by Crippen LogP contribution is -2.59. The quantitative estimate of drug-likeness (QED) is 0.610. The number of β-lactam (4-membered cyclic amide) rings is 1. The van der Waals surface area contributed by atoms with E-state index in [4.69, 9.17) is 16.3 Å². The minimum absolute atomic E-state index is 0.0950. The predicted octanol–water partition coefficient (Wildman–Crippen LogP) is 1.96. The van der Waals surface area contributed by atoms with Gasteiger partial charge >= 0.3 is 0 Å². The van der Waals surface area contributed by atoms with Crippen LogP contribution in [0.2, 0.25) is 0 Å². The Morgan fingerprint density at radius 2 is 2.29 bits per heavy atom. The van der Waals surface area contributed by atoms with Crippen LogP contribution in [-0.2, 0) is 9.53 Å². The van der Waals surface area contributed by atoms with Crippen LogP contribution in [0, 0.1) is 5.82 Å². The van der Waals surface area contributed by atoms with E-state index in [0.717, 1.165) is 5.56 Å². The fourth-order valence-electron chi connectivity index (χ4n) is 2.13. The number of carbonyl (C=O) groups is 1. The summed E-state index contributed by atoms with van der Waals surface area (Å²) in [7, 11) is 1.48. The highest BCUT2D eigenvalue weighted by Gasteiger charge is 2.48. The average Bonchev–Trinajstić information content (AvgIpc) is 2.32. The lowest BCUT2D eigenvalue weighted by Gasteiger charge is -2.46. The van der Waals surface area contributed by atoms with Crippen molar-refractivity contribution < 1.29 is 13.9 Å². The van der Waals surface area contributed by atoms with Crippen molar-refractivity contribution in [3.63, 3.8) is 0 Å². The summed E-state index contributed by atoms with van der Waals surface area (Å²) in [5.41, 5.74) is 0.738. The van der Waals surface area contributed by atoms with Gasteiger partial charge in [0.15, 0.2) is 6.10 Å². The summed E-state index contributed by atoms with van der Waals surface area (Å²) in [6.07, 6.45) is -0.528. The molecule has 5 heteroatoms. The Balaban J connectivity index is 2.25. The Morgan fingerprint density at radius 3 is 2.88 bits per heavy atom. The summed E-state index contributed by atoms with van der Waals surface area (Å²) in [6.45, 7) is 0.446. The summed E-state index contributed by atoms with van der Waals surface area (Å²) < 4.78 is 18.3. The summed E-state index contributed by atoms with van der Waals surface area (Å²) >= 11 is 5.64. The van der Waals surface area contributed by atoms with Crippen LogP contribution in [0.15, 0.2) is 24.3 Å². The molecule has 17 heavy (non-hydrogen) atoms. The Morgan fingerprint density at radius 1 is 1.53 bits per heavy atom. The van der Waals surface area contributed by atoms with Crippen LogP contribution < -0.4 is 0 Å². The maximum Gasteiger partial charge on any atom is 0.254 e. The number of methoxy groups -OCH3 is 1. The summed E-state index contributed by atoms with van der Waals surface area (Å²) in [5, 5.41) is 0. The van der Waals surface area contributed by atoms with Gasteiger partial charge in [-0.15, -0.1) is 11.6 Å². The molecule has 1 saturated heterocycles. The third kappa shape index (κ3) is 2.15. The maximum absolute atomic E-state index is 13.2. The highest BCUT2D eigenvalue weighted by molar-refractivity contribution is 6.18. The first-order valence-corrected chi connectivity index (χ1v) is 5.87. The maximum atomic E-state index is 13.2. The fraction of sp³-hybridized carbons (Fsp3) is 0.417. The zero-order valence-electron chi connectivity index (χ0n) is 9.40. The van der Waals surface area contributed by atoms with Crippen molar-refractivity contribution in [1.29, 1.82) is 0 Å². The molecule has 3 nitrogen and oxygen atoms in total. The minimum Gasteiger partial charge on any atom is -0.369 e. The van der Waals surface area contributed by atoms with Gasteiger partial charge in [-0.3, -0.25) is 4.79 Å². The van der Waals surface area contributed by atoms with Gasteiger partial charge in [0.1, 0.15) is 5.82 Å². The van der Waals surface area contributed by atoms with E-state index in [1.54, 1.807) is 17.0 Å². The number of carbonyl (C=O) groups excluding carboxylic acids is 1. The number of hydrogen-bond donors (Lipinski definition) is 0. The molecule has 2 rings (SSSR count). The van der Waals surface area contributed by atoms with Crippen LogP contribution in [-0.4, -0.2) is 36.4 Å². The van der Waals surface area contributed by atoms with Gasteiger partial charge in [0.05, 0.1) is 6.04 Å². The van der Waals surface area contributed by atoms with Crippen LogP contribution in [0.25, 0.3) is 0 Å². The molecule has 1 amide bonds. The number of benzene rings is 1. The number of alkyl halides is 1. The van der Waals surface area contributed by atoms with Gasteiger partial charge < -0.3 is 9.64 Å². The lowest BCUT2D eigenvalue weighted by atomic mass is 9.90. The van der Waals surface area contributed by atoms with Crippen LogP contribution in [0.1, 0.15) is 11.6 Å². The highest BCUT2D eigenvalue weighted by Crippen LogP contribution is 2.36. The SMILES string of the molecule is CO[C@H]1C(=O)N(CCCl)[C@H]1c1cccc(F)c1. The molecule has 92 valence electrons. The van der Waals surface area contributed by atoms with Crippen molar-refractivity contribution >= 4 is 17.5 Å². The van der Waals surface area contributed by atoms with Gasteiger partial charge in [-0.1, -0.05) is 12.1 Å². The normalized spacial score (nSPS) is 23.7. The second-order valence-electron chi connectivity index (χ2n) is 3.88. The van der Waals surface area contributed by atoms with Crippen molar-refractivity contribution in [3.05, 3.63) is 35.6 Å². The molecular formula is C12H13ClFNO2. The zero-order valence-corrected chi connectivity index (χ0v) is 10.2. The first-order valence-electron chi connectivity index (χ1n) is 5.33. The minimum atomic E-state index is -0.528.